The van der Waals surface area contributed by atoms with Gasteiger partial charge >= 0.3 is 5.97 Å². The van der Waals surface area contributed by atoms with Gasteiger partial charge in [0.25, 0.3) is 11.8 Å². The van der Waals surface area contributed by atoms with Crippen molar-refractivity contribution in [1.29, 1.82) is 0 Å². The first-order valence-corrected chi connectivity index (χ1v) is 11.5. The maximum absolute atomic E-state index is 12.7. The number of nitrogens with zero attached hydrogens (tertiary/aromatic N) is 4. The summed E-state index contributed by atoms with van der Waals surface area (Å²) < 4.78 is 0. The normalized spacial score (nSPS) is 21.5. The van der Waals surface area contributed by atoms with E-state index >= 15 is 0 Å². The Morgan fingerprint density at radius 1 is 1.44 bits per heavy atom. The summed E-state index contributed by atoms with van der Waals surface area (Å²) >= 11 is 3.35. The second kappa shape index (κ2) is 10.0. The molecule has 0 aromatic carbocycles. The Bertz CT molecular complexity index is 1070. The molecule has 2 aliphatic heterocycles. The average molecular weight is 500 g/mol. The third-order valence-electron chi connectivity index (χ3n) is 4.31. The number of nitrogens with one attached hydrogen (secondary N) is 1. The lowest BCUT2D eigenvalue weighted by atomic mass is 10.0. The average Bonchev–Trinajstić information content (AvgIpc) is 3.20. The second-order valence-corrected chi connectivity index (χ2v) is 9.18. The van der Waals surface area contributed by atoms with Gasteiger partial charge < -0.3 is 32.3 Å². The minimum atomic E-state index is -1.30. The van der Waals surface area contributed by atoms with Crippen LogP contribution in [0.5, 0.6) is 0 Å². The first kappa shape index (κ1) is 23.6. The summed E-state index contributed by atoms with van der Waals surface area (Å²) in [6.45, 7) is 0.0681. The largest absolute Gasteiger partial charge is 0.477 e. The van der Waals surface area contributed by atoms with E-state index in [-0.39, 0.29) is 28.8 Å². The van der Waals surface area contributed by atoms with Crippen LogP contribution in [0.1, 0.15) is 5.69 Å². The molecule has 0 aliphatic carbocycles. The number of carboxylic acids is 1. The molecule has 2 amide bonds. The van der Waals surface area contributed by atoms with Crippen LogP contribution in [0.25, 0.3) is 0 Å². The number of hydrogen-bond donors (Lipinski definition) is 6. The summed E-state index contributed by atoms with van der Waals surface area (Å²) in [6.07, 6.45) is 1.13. The maximum atomic E-state index is 12.7. The highest BCUT2D eigenvalue weighted by atomic mass is 32.2. The molecule has 170 valence electrons. The minimum absolute atomic E-state index is 0.0474. The highest BCUT2D eigenvalue weighted by Crippen LogP contribution is 2.43. The molecule has 1 aromatic heterocycles. The van der Waals surface area contributed by atoms with Gasteiger partial charge in [0.2, 0.25) is 0 Å². The predicted octanol–water partition coefficient (Wildman–Crippen LogP) is -0.364. The zero-order valence-corrected chi connectivity index (χ0v) is 18.5. The number of amides is 2. The lowest BCUT2D eigenvalue weighted by molar-refractivity contribution is -0.150. The Labute approximate surface area is 192 Å². The highest BCUT2D eigenvalue weighted by molar-refractivity contribution is 8.08. The van der Waals surface area contributed by atoms with E-state index in [1.54, 1.807) is 0 Å². The van der Waals surface area contributed by atoms with Crippen LogP contribution in [0.4, 0.5) is 5.13 Å². The van der Waals surface area contributed by atoms with E-state index < -0.39 is 34.9 Å². The smallest absolute Gasteiger partial charge is 0.353 e. The van der Waals surface area contributed by atoms with Crippen molar-refractivity contribution in [2.75, 3.05) is 18.0 Å². The van der Waals surface area contributed by atoms with Crippen LogP contribution in [0.3, 0.4) is 0 Å². The van der Waals surface area contributed by atoms with Gasteiger partial charge in [-0.2, -0.15) is 0 Å². The molecule has 1 unspecified atom stereocenters. The molecule has 13 nitrogen and oxygen atoms in total. The van der Waals surface area contributed by atoms with Gasteiger partial charge in [-0.3, -0.25) is 14.5 Å². The van der Waals surface area contributed by atoms with E-state index in [2.05, 4.69) is 20.6 Å². The Kier molecular flexibility index (Phi) is 7.39. The van der Waals surface area contributed by atoms with E-state index in [0.29, 0.717) is 10.5 Å². The molecule has 1 fully saturated rings. The number of anilines is 1. The molecular weight excluding hydrogens is 482 g/mol. The molecule has 2 atom stereocenters. The number of β-lactam (4-membered cyclic amide) rings is 1. The maximum Gasteiger partial charge on any atom is 0.353 e. The lowest BCUT2D eigenvalue weighted by Gasteiger charge is -2.49. The monoisotopic (exact) mass is 499 g/mol. The zero-order valence-electron chi connectivity index (χ0n) is 16.0. The number of thioether (sulfide) groups is 2. The van der Waals surface area contributed by atoms with Gasteiger partial charge in [0.05, 0.1) is 6.21 Å². The Morgan fingerprint density at radius 2 is 2.19 bits per heavy atom. The second-order valence-electron chi connectivity index (χ2n) is 6.22. The van der Waals surface area contributed by atoms with Crippen molar-refractivity contribution in [2.24, 2.45) is 16.0 Å². The number of nitrogen functional groups attached to an aromatic ring is 1. The van der Waals surface area contributed by atoms with Crippen molar-refractivity contribution in [1.82, 2.24) is 15.2 Å². The number of nitrogens with two attached hydrogens (primary N) is 2. The third kappa shape index (κ3) is 4.57. The van der Waals surface area contributed by atoms with E-state index in [4.69, 9.17) is 16.7 Å². The number of aromatic nitrogens is 1. The summed E-state index contributed by atoms with van der Waals surface area (Å²) in [5.74, 6) is -2.52. The van der Waals surface area contributed by atoms with E-state index in [1.807, 2.05) is 0 Å². The molecule has 3 heterocycles. The van der Waals surface area contributed by atoms with Crippen LogP contribution in [0.2, 0.25) is 0 Å². The van der Waals surface area contributed by atoms with Crippen molar-refractivity contribution in [2.45, 2.75) is 11.4 Å². The van der Waals surface area contributed by atoms with Gasteiger partial charge in [-0.15, -0.1) is 23.1 Å². The molecule has 8 N–H and O–H groups in total. The van der Waals surface area contributed by atoms with Crippen molar-refractivity contribution in [3.8, 4) is 0 Å². The van der Waals surface area contributed by atoms with Gasteiger partial charge in [-0.05, 0) is 11.0 Å². The van der Waals surface area contributed by atoms with Gasteiger partial charge in [-0.1, -0.05) is 22.1 Å². The van der Waals surface area contributed by atoms with Crippen molar-refractivity contribution < 1.29 is 29.9 Å². The van der Waals surface area contributed by atoms with Crippen molar-refractivity contribution in [3.05, 3.63) is 32.7 Å². The molecule has 2 aliphatic rings. The number of thiazole rings is 1. The molecular formula is C16H17N7O6S3. The van der Waals surface area contributed by atoms with Crippen LogP contribution in [-0.2, 0) is 14.4 Å². The summed E-state index contributed by atoms with van der Waals surface area (Å²) in [4.78, 5) is 42.4. The van der Waals surface area contributed by atoms with Crippen LogP contribution in [0, 0.1) is 0 Å². The van der Waals surface area contributed by atoms with E-state index in [1.165, 1.54) is 22.5 Å². The molecule has 1 saturated heterocycles. The topological polar surface area (TPSA) is 217 Å². The number of hydrogen-bond acceptors (Lipinski definition) is 13. The van der Waals surface area contributed by atoms with E-state index in [9.17, 15) is 24.7 Å². The lowest BCUT2D eigenvalue weighted by Crippen LogP contribution is -2.71. The zero-order chi connectivity index (χ0) is 23.4. The summed E-state index contributed by atoms with van der Waals surface area (Å²) in [7, 11) is 0. The van der Waals surface area contributed by atoms with Crippen LogP contribution in [0.15, 0.2) is 37.3 Å². The molecule has 3 rings (SSSR count). The molecule has 16 heteroatoms. The Morgan fingerprint density at radius 3 is 2.75 bits per heavy atom. The molecule has 0 bridgehead atoms. The van der Waals surface area contributed by atoms with Gasteiger partial charge in [0.15, 0.2) is 10.8 Å². The van der Waals surface area contributed by atoms with Gasteiger partial charge in [0.1, 0.15) is 22.8 Å². The molecule has 32 heavy (non-hydrogen) atoms. The number of carboxylic acid groups (broad SMARTS) is 1. The van der Waals surface area contributed by atoms with Crippen LogP contribution in [-0.4, -0.2) is 78.8 Å². The predicted molar refractivity (Wildman–Crippen MR) is 120 cm³/mol. The Balaban J connectivity index is 1.77. The van der Waals surface area contributed by atoms with E-state index in [0.717, 1.165) is 34.2 Å². The van der Waals surface area contributed by atoms with Crippen molar-refractivity contribution in [3.63, 3.8) is 0 Å². The number of oxime groups is 2. The van der Waals surface area contributed by atoms with Gasteiger partial charge in [0, 0.05) is 22.6 Å². The molecule has 0 spiro atoms. The summed E-state index contributed by atoms with van der Waals surface area (Å²) in [6, 6.07) is -1.02. The summed E-state index contributed by atoms with van der Waals surface area (Å²) in [5.41, 5.74) is 10.9. The first-order valence-electron chi connectivity index (χ1n) is 8.71. The Hall–Kier alpha value is -3.08. The van der Waals surface area contributed by atoms with Gasteiger partial charge in [-0.25, -0.2) is 9.78 Å². The van der Waals surface area contributed by atoms with Crippen LogP contribution >= 0.6 is 34.9 Å². The minimum Gasteiger partial charge on any atom is -0.477 e. The number of fused-ring (bicyclic) bond motifs is 1. The first-order chi connectivity index (χ1) is 15.3. The number of rotatable bonds is 8. The third-order valence-corrected chi connectivity index (χ3v) is 7.49. The fourth-order valence-corrected chi connectivity index (χ4v) is 5.82. The number of carbonyl (C=O) groups is 3. The molecule has 0 radical (unpaired) electrons. The molecule has 1 aromatic rings. The molecule has 0 saturated carbocycles. The quantitative estimate of drug-likeness (QED) is 0.117. The van der Waals surface area contributed by atoms with Crippen molar-refractivity contribution >= 4 is 69.7 Å². The fourth-order valence-electron chi connectivity index (χ4n) is 2.85. The standard InChI is InChI=1S/C16H17N7O6S3/c17-1-6(2-19-28)3-30-8-5-31-14-10(13(25)23(14)11(8)15(26)27)21-12(24)9(22-29)7-4-32-16(18)20-7/h2-4,10,14,28-29H,1,5,17H2,(H2,18,20)(H,21,24)(H,26,27)/b6-3-,19-2+,22-9-/t10?,14-/m1/s1. The summed E-state index contributed by atoms with van der Waals surface area (Å²) in [5, 5.41) is 38.3. The SMILES string of the molecule is NCC(=C/SC1=C(C(=O)O)N2C(=O)C(NC(=O)/C(=N\O)c3csc(N)n3)[C@H]2SC1)/C=N/O. The van der Waals surface area contributed by atoms with Crippen LogP contribution < -0.4 is 16.8 Å². The fraction of sp³-hybridized carbons (Fsp3) is 0.250. The number of aliphatic carboxylic acids is 1. The highest BCUT2D eigenvalue weighted by Gasteiger charge is 2.54. The number of carbonyl (C=O) groups excluding carboxylic acids is 2.